The van der Waals surface area contributed by atoms with Crippen molar-refractivity contribution in [1.29, 1.82) is 0 Å². The van der Waals surface area contributed by atoms with E-state index in [1.807, 2.05) is 13.1 Å². The van der Waals surface area contributed by atoms with Crippen LogP contribution in [0.3, 0.4) is 0 Å². The van der Waals surface area contributed by atoms with Crippen molar-refractivity contribution in [2.45, 2.75) is 26.2 Å². The van der Waals surface area contributed by atoms with Gasteiger partial charge in [0, 0.05) is 7.05 Å². The SMILES string of the molecule is CCCCc1cc(Cl)n(C)n1. The third kappa shape index (κ3) is 2.22. The van der Waals surface area contributed by atoms with E-state index in [0.717, 1.165) is 17.3 Å². The first-order valence-corrected chi connectivity index (χ1v) is 4.30. The van der Waals surface area contributed by atoms with Gasteiger partial charge in [-0.25, -0.2) is 0 Å². The summed E-state index contributed by atoms with van der Waals surface area (Å²) in [5.41, 5.74) is 1.10. The summed E-state index contributed by atoms with van der Waals surface area (Å²) in [6.45, 7) is 2.17. The van der Waals surface area contributed by atoms with E-state index in [1.54, 1.807) is 4.68 Å². The third-order valence-electron chi connectivity index (χ3n) is 1.66. The fourth-order valence-electron chi connectivity index (χ4n) is 0.980. The molecule has 0 fully saturated rings. The lowest BCUT2D eigenvalue weighted by Crippen LogP contribution is -1.91. The predicted molar refractivity (Wildman–Crippen MR) is 46.8 cm³/mol. The van der Waals surface area contributed by atoms with Crippen LogP contribution in [-0.4, -0.2) is 9.78 Å². The van der Waals surface area contributed by atoms with Crippen LogP contribution in [0.15, 0.2) is 6.07 Å². The van der Waals surface area contributed by atoms with Crippen molar-refractivity contribution < 1.29 is 0 Å². The lowest BCUT2D eigenvalue weighted by molar-refractivity contribution is 0.713. The van der Waals surface area contributed by atoms with Crippen LogP contribution in [0.4, 0.5) is 0 Å². The smallest absolute Gasteiger partial charge is 0.126 e. The number of halogens is 1. The first-order chi connectivity index (χ1) is 5.24. The van der Waals surface area contributed by atoms with Crippen molar-refractivity contribution in [2.75, 3.05) is 0 Å². The van der Waals surface area contributed by atoms with Crippen LogP contribution in [0.2, 0.25) is 5.15 Å². The molecule has 0 spiro atoms. The molecule has 1 aromatic heterocycles. The van der Waals surface area contributed by atoms with E-state index in [1.165, 1.54) is 12.8 Å². The highest BCUT2D eigenvalue weighted by Crippen LogP contribution is 2.10. The van der Waals surface area contributed by atoms with Gasteiger partial charge in [0.15, 0.2) is 0 Å². The van der Waals surface area contributed by atoms with Crippen LogP contribution >= 0.6 is 11.6 Å². The standard InChI is InChI=1S/C8H13ClN2/c1-3-4-5-7-6-8(9)11(2)10-7/h6H,3-5H2,1-2H3. The van der Waals surface area contributed by atoms with Crippen molar-refractivity contribution in [3.05, 3.63) is 16.9 Å². The molecule has 0 bridgehead atoms. The number of rotatable bonds is 3. The molecule has 0 radical (unpaired) electrons. The molecule has 1 heterocycles. The molecule has 0 aliphatic carbocycles. The summed E-state index contributed by atoms with van der Waals surface area (Å²) in [5, 5.41) is 4.95. The number of aryl methyl sites for hydroxylation is 2. The first-order valence-electron chi connectivity index (χ1n) is 3.92. The summed E-state index contributed by atoms with van der Waals surface area (Å²) in [6, 6.07) is 1.93. The molecule has 0 aliphatic rings. The average Bonchev–Trinajstić information content (AvgIpc) is 2.28. The summed E-state index contributed by atoms with van der Waals surface area (Å²) >= 11 is 5.81. The van der Waals surface area contributed by atoms with Gasteiger partial charge in [0.1, 0.15) is 5.15 Å². The molecular weight excluding hydrogens is 160 g/mol. The maximum Gasteiger partial charge on any atom is 0.126 e. The molecule has 0 atom stereocenters. The summed E-state index contributed by atoms with van der Waals surface area (Å²) in [7, 11) is 1.86. The van der Waals surface area contributed by atoms with Crippen LogP contribution in [-0.2, 0) is 13.5 Å². The lowest BCUT2D eigenvalue weighted by Gasteiger charge is -1.91. The Morgan fingerprint density at radius 3 is 2.82 bits per heavy atom. The van der Waals surface area contributed by atoms with Crippen LogP contribution in [0.5, 0.6) is 0 Å². The molecule has 2 nitrogen and oxygen atoms in total. The molecule has 3 heteroatoms. The molecule has 0 saturated heterocycles. The van der Waals surface area contributed by atoms with Gasteiger partial charge in [-0.3, -0.25) is 4.68 Å². The predicted octanol–water partition coefficient (Wildman–Crippen LogP) is 2.42. The summed E-state index contributed by atoms with van der Waals surface area (Å²) in [6.07, 6.45) is 3.43. The third-order valence-corrected chi connectivity index (χ3v) is 2.01. The lowest BCUT2D eigenvalue weighted by atomic mass is 10.2. The van der Waals surface area contributed by atoms with Crippen LogP contribution in [0.1, 0.15) is 25.5 Å². The molecule has 1 aromatic rings. The molecule has 0 unspecified atom stereocenters. The van der Waals surface area contributed by atoms with Gasteiger partial charge in [-0.15, -0.1) is 0 Å². The number of hydrogen-bond donors (Lipinski definition) is 0. The highest BCUT2D eigenvalue weighted by Gasteiger charge is 2.00. The Kier molecular flexibility index (Phi) is 2.94. The second kappa shape index (κ2) is 3.77. The highest BCUT2D eigenvalue weighted by atomic mass is 35.5. The van der Waals surface area contributed by atoms with Gasteiger partial charge in [0.25, 0.3) is 0 Å². The number of nitrogens with zero attached hydrogens (tertiary/aromatic N) is 2. The Balaban J connectivity index is 2.58. The Morgan fingerprint density at radius 2 is 2.36 bits per heavy atom. The fourth-order valence-corrected chi connectivity index (χ4v) is 1.14. The van der Waals surface area contributed by atoms with Crippen LogP contribution < -0.4 is 0 Å². The van der Waals surface area contributed by atoms with Gasteiger partial charge in [0.2, 0.25) is 0 Å². The van der Waals surface area contributed by atoms with E-state index < -0.39 is 0 Å². The van der Waals surface area contributed by atoms with Crippen molar-refractivity contribution >= 4 is 11.6 Å². The van der Waals surface area contributed by atoms with Crippen molar-refractivity contribution in [3.8, 4) is 0 Å². The average molecular weight is 173 g/mol. The largest absolute Gasteiger partial charge is 0.257 e. The van der Waals surface area contributed by atoms with Gasteiger partial charge < -0.3 is 0 Å². The van der Waals surface area contributed by atoms with Crippen LogP contribution in [0, 0.1) is 0 Å². The van der Waals surface area contributed by atoms with E-state index >= 15 is 0 Å². The Morgan fingerprint density at radius 1 is 1.64 bits per heavy atom. The fraction of sp³-hybridized carbons (Fsp3) is 0.625. The Labute approximate surface area is 72.2 Å². The summed E-state index contributed by atoms with van der Waals surface area (Å²) in [4.78, 5) is 0. The normalized spacial score (nSPS) is 10.5. The van der Waals surface area contributed by atoms with Gasteiger partial charge in [0.05, 0.1) is 5.69 Å². The molecule has 0 aromatic carbocycles. The maximum absolute atomic E-state index is 5.81. The second-order valence-corrected chi connectivity index (χ2v) is 3.07. The van der Waals surface area contributed by atoms with Gasteiger partial charge in [-0.05, 0) is 18.9 Å². The maximum atomic E-state index is 5.81. The Bertz CT molecular complexity index is 210. The topological polar surface area (TPSA) is 17.8 Å². The number of hydrogen-bond acceptors (Lipinski definition) is 1. The molecule has 1 rings (SSSR count). The zero-order valence-corrected chi connectivity index (χ0v) is 7.73. The zero-order chi connectivity index (χ0) is 8.27. The van der Waals surface area contributed by atoms with E-state index in [2.05, 4.69) is 12.0 Å². The molecule has 0 N–H and O–H groups in total. The van der Waals surface area contributed by atoms with E-state index in [4.69, 9.17) is 11.6 Å². The molecule has 0 aliphatic heterocycles. The minimum atomic E-state index is 0.719. The van der Waals surface area contributed by atoms with Gasteiger partial charge in [-0.1, -0.05) is 24.9 Å². The number of unbranched alkanes of at least 4 members (excludes halogenated alkanes) is 1. The summed E-state index contributed by atoms with van der Waals surface area (Å²) in [5.74, 6) is 0. The van der Waals surface area contributed by atoms with Crippen molar-refractivity contribution in [2.24, 2.45) is 7.05 Å². The van der Waals surface area contributed by atoms with Gasteiger partial charge in [-0.2, -0.15) is 5.10 Å². The quantitative estimate of drug-likeness (QED) is 0.685. The summed E-state index contributed by atoms with van der Waals surface area (Å²) < 4.78 is 1.70. The van der Waals surface area contributed by atoms with Crippen LogP contribution in [0.25, 0.3) is 0 Å². The van der Waals surface area contributed by atoms with Crippen molar-refractivity contribution in [1.82, 2.24) is 9.78 Å². The first kappa shape index (κ1) is 8.60. The van der Waals surface area contributed by atoms with Crippen molar-refractivity contribution in [3.63, 3.8) is 0 Å². The second-order valence-electron chi connectivity index (χ2n) is 2.69. The number of aromatic nitrogens is 2. The Hall–Kier alpha value is -0.500. The highest BCUT2D eigenvalue weighted by molar-refractivity contribution is 6.29. The molecule has 0 amide bonds. The minimum Gasteiger partial charge on any atom is -0.257 e. The molecular formula is C8H13ClN2. The van der Waals surface area contributed by atoms with Gasteiger partial charge >= 0.3 is 0 Å². The molecule has 0 saturated carbocycles. The van der Waals surface area contributed by atoms with E-state index in [-0.39, 0.29) is 0 Å². The molecule has 62 valence electrons. The monoisotopic (exact) mass is 172 g/mol. The van der Waals surface area contributed by atoms with E-state index in [9.17, 15) is 0 Å². The minimum absolute atomic E-state index is 0.719. The molecule has 11 heavy (non-hydrogen) atoms. The zero-order valence-electron chi connectivity index (χ0n) is 6.97. The van der Waals surface area contributed by atoms with E-state index in [0.29, 0.717) is 0 Å².